The molecule has 0 spiro atoms. The third kappa shape index (κ3) is 3.69. The molecule has 1 aromatic heterocycles. The highest BCUT2D eigenvalue weighted by molar-refractivity contribution is 6.11. The number of hydrogen-bond acceptors (Lipinski definition) is 4. The quantitative estimate of drug-likeness (QED) is 0.456. The molecule has 2 N–H and O–H groups in total. The smallest absolute Gasteiger partial charge is 0.191 e. The number of carbonyl (C=O) groups excluding carboxylic acids is 1. The van der Waals surface area contributed by atoms with Gasteiger partial charge in [-0.2, -0.15) is 5.26 Å². The molecule has 0 fully saturated rings. The van der Waals surface area contributed by atoms with Gasteiger partial charge < -0.3 is 15.0 Å². The van der Waals surface area contributed by atoms with Gasteiger partial charge in [0.25, 0.3) is 0 Å². The standard InChI is InChI=1S/C24H19N3O2/c1-29-19-6-4-5-18(13-19)27-23(17-11-9-16(14-25)10-12-17)24(28)21-15-26-22-8-3-2-7-20(21)22/h2-13,15,23,26-27H,1H3. The molecule has 3 aromatic carbocycles. The molecule has 4 rings (SSSR count). The minimum absolute atomic E-state index is 0.0602. The molecule has 5 nitrogen and oxygen atoms in total. The molecule has 1 heterocycles. The Hall–Kier alpha value is -4.04. The first-order chi connectivity index (χ1) is 14.2. The largest absolute Gasteiger partial charge is 0.497 e. The van der Waals surface area contributed by atoms with Crippen LogP contribution in [0.3, 0.4) is 0 Å². The molecule has 0 saturated heterocycles. The molecule has 0 aliphatic carbocycles. The van der Waals surface area contributed by atoms with Crippen molar-refractivity contribution in [2.45, 2.75) is 6.04 Å². The van der Waals surface area contributed by atoms with E-state index < -0.39 is 6.04 Å². The first-order valence-corrected chi connectivity index (χ1v) is 9.20. The molecule has 0 bridgehead atoms. The normalized spacial score (nSPS) is 11.6. The summed E-state index contributed by atoms with van der Waals surface area (Å²) < 4.78 is 5.30. The number of rotatable bonds is 6. The van der Waals surface area contributed by atoms with E-state index in [-0.39, 0.29) is 5.78 Å². The summed E-state index contributed by atoms with van der Waals surface area (Å²) in [5, 5.41) is 13.3. The topological polar surface area (TPSA) is 77.9 Å². The number of nitrogens with zero attached hydrogens (tertiary/aromatic N) is 1. The number of methoxy groups -OCH3 is 1. The minimum atomic E-state index is -0.617. The predicted molar refractivity (Wildman–Crippen MR) is 113 cm³/mol. The number of H-pyrrole nitrogens is 1. The van der Waals surface area contributed by atoms with Gasteiger partial charge in [0, 0.05) is 34.4 Å². The molecular weight excluding hydrogens is 362 g/mol. The van der Waals surface area contributed by atoms with Crippen molar-refractivity contribution in [1.29, 1.82) is 5.26 Å². The van der Waals surface area contributed by atoms with Crippen LogP contribution in [0.25, 0.3) is 10.9 Å². The minimum Gasteiger partial charge on any atom is -0.497 e. The molecule has 0 saturated carbocycles. The highest BCUT2D eigenvalue weighted by Gasteiger charge is 2.24. The van der Waals surface area contributed by atoms with Gasteiger partial charge in [-0.05, 0) is 35.9 Å². The molecular formula is C24H19N3O2. The second-order valence-corrected chi connectivity index (χ2v) is 6.66. The second-order valence-electron chi connectivity index (χ2n) is 6.66. The van der Waals surface area contributed by atoms with Crippen molar-refractivity contribution >= 4 is 22.4 Å². The number of nitriles is 1. The monoisotopic (exact) mass is 381 g/mol. The fourth-order valence-corrected chi connectivity index (χ4v) is 3.36. The lowest BCUT2D eigenvalue weighted by Gasteiger charge is -2.20. The summed E-state index contributed by atoms with van der Waals surface area (Å²) in [5.41, 5.74) is 3.63. The molecule has 0 radical (unpaired) electrons. The van der Waals surface area contributed by atoms with Gasteiger partial charge >= 0.3 is 0 Å². The summed E-state index contributed by atoms with van der Waals surface area (Å²) in [7, 11) is 1.61. The second kappa shape index (κ2) is 7.91. The third-order valence-corrected chi connectivity index (χ3v) is 4.87. The van der Waals surface area contributed by atoms with Crippen LogP contribution in [0.4, 0.5) is 5.69 Å². The van der Waals surface area contributed by atoms with Crippen molar-refractivity contribution in [3.05, 3.63) is 95.7 Å². The van der Waals surface area contributed by atoms with E-state index in [0.29, 0.717) is 16.9 Å². The Morgan fingerprint density at radius 2 is 1.86 bits per heavy atom. The number of hydrogen-bond donors (Lipinski definition) is 2. The van der Waals surface area contributed by atoms with Crippen molar-refractivity contribution in [2.75, 3.05) is 12.4 Å². The lowest BCUT2D eigenvalue weighted by atomic mass is 9.96. The van der Waals surface area contributed by atoms with E-state index in [1.54, 1.807) is 25.4 Å². The summed E-state index contributed by atoms with van der Waals surface area (Å²) in [6.07, 6.45) is 1.75. The first-order valence-electron chi connectivity index (χ1n) is 9.20. The first kappa shape index (κ1) is 18.3. The number of Topliss-reactive ketones (excluding diaryl/α,β-unsaturated/α-hetero) is 1. The molecule has 0 aliphatic heterocycles. The molecule has 29 heavy (non-hydrogen) atoms. The number of aromatic nitrogens is 1. The van der Waals surface area contributed by atoms with Crippen LogP contribution in [0.1, 0.15) is 27.5 Å². The number of para-hydroxylation sites is 1. The number of ether oxygens (including phenoxy) is 1. The number of fused-ring (bicyclic) bond motifs is 1. The van der Waals surface area contributed by atoms with E-state index in [9.17, 15) is 4.79 Å². The lowest BCUT2D eigenvalue weighted by Crippen LogP contribution is -2.21. The lowest BCUT2D eigenvalue weighted by molar-refractivity contribution is 0.0971. The van der Waals surface area contributed by atoms with Crippen LogP contribution >= 0.6 is 0 Å². The van der Waals surface area contributed by atoms with Crippen LogP contribution < -0.4 is 10.1 Å². The van der Waals surface area contributed by atoms with Crippen molar-refractivity contribution in [1.82, 2.24) is 4.98 Å². The molecule has 5 heteroatoms. The van der Waals surface area contributed by atoms with Crippen molar-refractivity contribution in [3.63, 3.8) is 0 Å². The number of anilines is 1. The third-order valence-electron chi connectivity index (χ3n) is 4.87. The molecule has 142 valence electrons. The maximum atomic E-state index is 13.6. The maximum absolute atomic E-state index is 13.6. The number of nitrogens with one attached hydrogen (secondary N) is 2. The number of benzene rings is 3. The summed E-state index contributed by atoms with van der Waals surface area (Å²) in [6.45, 7) is 0. The van der Waals surface area contributed by atoms with Crippen LogP contribution in [-0.2, 0) is 0 Å². The maximum Gasteiger partial charge on any atom is 0.191 e. The van der Waals surface area contributed by atoms with Gasteiger partial charge in [0.15, 0.2) is 5.78 Å². The van der Waals surface area contributed by atoms with Gasteiger partial charge in [-0.25, -0.2) is 0 Å². The molecule has 0 aliphatic rings. The number of ketones is 1. The predicted octanol–water partition coefficient (Wildman–Crippen LogP) is 5.08. The van der Waals surface area contributed by atoms with Gasteiger partial charge in [-0.3, -0.25) is 4.79 Å². The van der Waals surface area contributed by atoms with Crippen molar-refractivity contribution in [3.8, 4) is 11.8 Å². The van der Waals surface area contributed by atoms with Crippen LogP contribution in [0.2, 0.25) is 0 Å². The van der Waals surface area contributed by atoms with Gasteiger partial charge in [-0.1, -0.05) is 36.4 Å². The Kier molecular flexibility index (Phi) is 5.00. The van der Waals surface area contributed by atoms with Crippen molar-refractivity contribution in [2.24, 2.45) is 0 Å². The van der Waals surface area contributed by atoms with E-state index >= 15 is 0 Å². The van der Waals surface area contributed by atoms with E-state index in [4.69, 9.17) is 10.00 Å². The molecule has 0 amide bonds. The molecule has 4 aromatic rings. The van der Waals surface area contributed by atoms with Crippen molar-refractivity contribution < 1.29 is 9.53 Å². The van der Waals surface area contributed by atoms with E-state index in [1.165, 1.54) is 0 Å². The zero-order valence-electron chi connectivity index (χ0n) is 15.8. The number of carbonyl (C=O) groups is 1. The van der Waals surface area contributed by atoms with Crippen LogP contribution in [0.5, 0.6) is 5.75 Å². The van der Waals surface area contributed by atoms with Gasteiger partial charge in [0.1, 0.15) is 11.8 Å². The fourth-order valence-electron chi connectivity index (χ4n) is 3.36. The highest BCUT2D eigenvalue weighted by atomic mass is 16.5. The van der Waals surface area contributed by atoms with E-state index in [1.807, 2.05) is 60.7 Å². The van der Waals surface area contributed by atoms with Crippen LogP contribution in [0, 0.1) is 11.3 Å². The van der Waals surface area contributed by atoms with E-state index in [0.717, 1.165) is 22.2 Å². The SMILES string of the molecule is COc1cccc(NC(C(=O)c2c[nH]c3ccccc23)c2ccc(C#N)cc2)c1. The number of aromatic amines is 1. The zero-order chi connectivity index (χ0) is 20.2. The summed E-state index contributed by atoms with van der Waals surface area (Å²) >= 11 is 0. The molecule has 1 unspecified atom stereocenters. The Labute approximate surface area is 168 Å². The van der Waals surface area contributed by atoms with Gasteiger partial charge in [0.2, 0.25) is 0 Å². The summed E-state index contributed by atoms with van der Waals surface area (Å²) in [4.78, 5) is 16.7. The van der Waals surface area contributed by atoms with E-state index in [2.05, 4.69) is 16.4 Å². The average molecular weight is 381 g/mol. The summed E-state index contributed by atoms with van der Waals surface area (Å²) in [5.74, 6) is 0.642. The van der Waals surface area contributed by atoms with Gasteiger partial charge in [0.05, 0.1) is 18.7 Å². The van der Waals surface area contributed by atoms with Crippen LogP contribution in [0.15, 0.2) is 79.0 Å². The summed E-state index contributed by atoms with van der Waals surface area (Å²) in [6, 6.07) is 23.7. The Balaban J connectivity index is 1.76. The van der Waals surface area contributed by atoms with Gasteiger partial charge in [-0.15, -0.1) is 0 Å². The Morgan fingerprint density at radius 1 is 1.07 bits per heavy atom. The van der Waals surface area contributed by atoms with Crippen LogP contribution in [-0.4, -0.2) is 17.9 Å². The fraction of sp³-hybridized carbons (Fsp3) is 0.0833. The highest BCUT2D eigenvalue weighted by Crippen LogP contribution is 2.29. The zero-order valence-corrected chi connectivity index (χ0v) is 15.8. The average Bonchev–Trinajstić information content (AvgIpc) is 3.21. The molecule has 1 atom stereocenters. The Bertz CT molecular complexity index is 1200. The Morgan fingerprint density at radius 3 is 2.62 bits per heavy atom.